The van der Waals surface area contributed by atoms with Crippen molar-refractivity contribution in [2.24, 2.45) is 11.8 Å². The van der Waals surface area contributed by atoms with Gasteiger partial charge in [0.2, 0.25) is 0 Å². The second-order valence-corrected chi connectivity index (χ2v) is 5.11. The van der Waals surface area contributed by atoms with Gasteiger partial charge in [0, 0.05) is 17.2 Å². The van der Waals surface area contributed by atoms with Crippen molar-refractivity contribution >= 4 is 5.82 Å². The normalized spacial score (nSPS) is 24.8. The smallest absolute Gasteiger partial charge is 0.148 e. The standard InChI is InChI=1S/C12H21N3/c1-4-8-6-9(8)11-10(5-7(2)3)12(13)15-14-11/h7-9H,4-6H2,1-3H3,(H3,13,14,15). The van der Waals surface area contributed by atoms with Crippen molar-refractivity contribution in [3.8, 4) is 0 Å². The molecule has 0 radical (unpaired) electrons. The minimum absolute atomic E-state index is 0.641. The predicted molar refractivity (Wildman–Crippen MR) is 62.7 cm³/mol. The van der Waals surface area contributed by atoms with Gasteiger partial charge in [-0.15, -0.1) is 0 Å². The highest BCUT2D eigenvalue weighted by molar-refractivity contribution is 5.45. The number of aromatic nitrogens is 2. The van der Waals surface area contributed by atoms with E-state index in [0.29, 0.717) is 17.7 Å². The summed E-state index contributed by atoms with van der Waals surface area (Å²) >= 11 is 0. The molecule has 1 heterocycles. The van der Waals surface area contributed by atoms with Crippen LogP contribution in [0.15, 0.2) is 0 Å². The van der Waals surface area contributed by atoms with Crippen LogP contribution in [0.4, 0.5) is 5.82 Å². The molecule has 84 valence electrons. The Bertz CT molecular complexity index is 341. The van der Waals surface area contributed by atoms with Crippen LogP contribution in [-0.4, -0.2) is 10.2 Å². The molecule has 0 aromatic carbocycles. The van der Waals surface area contributed by atoms with E-state index in [0.717, 1.165) is 12.3 Å². The molecule has 1 aromatic heterocycles. The molecule has 0 bridgehead atoms. The van der Waals surface area contributed by atoms with Gasteiger partial charge in [-0.2, -0.15) is 5.10 Å². The monoisotopic (exact) mass is 207 g/mol. The third-order valence-corrected chi connectivity index (χ3v) is 3.36. The molecule has 2 unspecified atom stereocenters. The highest BCUT2D eigenvalue weighted by Gasteiger charge is 2.39. The van der Waals surface area contributed by atoms with Crippen LogP contribution in [0.3, 0.4) is 0 Å². The first kappa shape index (κ1) is 10.5. The molecule has 0 spiro atoms. The minimum atomic E-state index is 0.641. The van der Waals surface area contributed by atoms with Crippen molar-refractivity contribution in [1.82, 2.24) is 10.2 Å². The van der Waals surface area contributed by atoms with Gasteiger partial charge < -0.3 is 5.73 Å². The van der Waals surface area contributed by atoms with Crippen LogP contribution in [0.1, 0.15) is 50.8 Å². The highest BCUT2D eigenvalue weighted by atomic mass is 15.2. The van der Waals surface area contributed by atoms with Crippen LogP contribution in [0, 0.1) is 11.8 Å². The number of rotatable bonds is 4. The molecule has 1 fully saturated rings. The van der Waals surface area contributed by atoms with Crippen molar-refractivity contribution < 1.29 is 0 Å². The van der Waals surface area contributed by atoms with Gasteiger partial charge in [-0.25, -0.2) is 0 Å². The summed E-state index contributed by atoms with van der Waals surface area (Å²) in [5.41, 5.74) is 8.48. The van der Waals surface area contributed by atoms with E-state index < -0.39 is 0 Å². The van der Waals surface area contributed by atoms with Gasteiger partial charge in [0.1, 0.15) is 5.82 Å². The molecule has 1 saturated carbocycles. The summed E-state index contributed by atoms with van der Waals surface area (Å²) in [7, 11) is 0. The number of hydrogen-bond donors (Lipinski definition) is 2. The summed E-state index contributed by atoms with van der Waals surface area (Å²) in [6, 6.07) is 0. The van der Waals surface area contributed by atoms with Gasteiger partial charge in [-0.05, 0) is 24.7 Å². The molecule has 1 aromatic rings. The number of hydrogen-bond acceptors (Lipinski definition) is 2. The van der Waals surface area contributed by atoms with Gasteiger partial charge in [0.25, 0.3) is 0 Å². The largest absolute Gasteiger partial charge is 0.382 e. The van der Waals surface area contributed by atoms with E-state index in [9.17, 15) is 0 Å². The molecular weight excluding hydrogens is 186 g/mol. The number of nitrogen functional groups attached to an aromatic ring is 1. The topological polar surface area (TPSA) is 54.7 Å². The maximum absolute atomic E-state index is 5.90. The summed E-state index contributed by atoms with van der Waals surface area (Å²) < 4.78 is 0. The van der Waals surface area contributed by atoms with Crippen LogP contribution in [0.2, 0.25) is 0 Å². The van der Waals surface area contributed by atoms with E-state index in [4.69, 9.17) is 5.73 Å². The second-order valence-electron chi connectivity index (χ2n) is 5.11. The van der Waals surface area contributed by atoms with Gasteiger partial charge in [-0.3, -0.25) is 5.10 Å². The molecule has 0 amide bonds. The molecule has 3 heteroatoms. The van der Waals surface area contributed by atoms with E-state index in [1.807, 2.05) is 0 Å². The molecular formula is C12H21N3. The average molecular weight is 207 g/mol. The molecule has 15 heavy (non-hydrogen) atoms. The Morgan fingerprint density at radius 3 is 2.80 bits per heavy atom. The first-order chi connectivity index (χ1) is 7.13. The first-order valence-electron chi connectivity index (χ1n) is 5.96. The Balaban J connectivity index is 2.17. The minimum Gasteiger partial charge on any atom is -0.382 e. The van der Waals surface area contributed by atoms with Gasteiger partial charge >= 0.3 is 0 Å². The molecule has 2 atom stereocenters. The van der Waals surface area contributed by atoms with Crippen LogP contribution >= 0.6 is 0 Å². The average Bonchev–Trinajstić information content (AvgIpc) is 2.88. The fourth-order valence-electron chi connectivity index (χ4n) is 2.38. The van der Waals surface area contributed by atoms with E-state index in [1.54, 1.807) is 0 Å². The Hall–Kier alpha value is -0.990. The number of aromatic amines is 1. The second kappa shape index (κ2) is 3.87. The molecule has 2 rings (SSSR count). The first-order valence-corrected chi connectivity index (χ1v) is 5.96. The van der Waals surface area contributed by atoms with E-state index in [2.05, 4.69) is 31.0 Å². The highest BCUT2D eigenvalue weighted by Crippen LogP contribution is 2.50. The molecule has 3 nitrogen and oxygen atoms in total. The molecule has 1 aliphatic carbocycles. The summed E-state index contributed by atoms with van der Waals surface area (Å²) in [4.78, 5) is 0. The fourth-order valence-corrected chi connectivity index (χ4v) is 2.38. The lowest BCUT2D eigenvalue weighted by atomic mass is 10.00. The number of nitrogens with one attached hydrogen (secondary N) is 1. The van der Waals surface area contributed by atoms with Crippen molar-refractivity contribution in [2.45, 2.75) is 46.0 Å². The maximum Gasteiger partial charge on any atom is 0.148 e. The summed E-state index contributed by atoms with van der Waals surface area (Å²) in [6.07, 6.45) is 3.62. The van der Waals surface area contributed by atoms with Crippen molar-refractivity contribution in [3.05, 3.63) is 11.3 Å². The Morgan fingerprint density at radius 1 is 1.53 bits per heavy atom. The third-order valence-electron chi connectivity index (χ3n) is 3.36. The number of H-pyrrole nitrogens is 1. The van der Waals surface area contributed by atoms with Crippen LogP contribution < -0.4 is 5.73 Å². The van der Waals surface area contributed by atoms with Crippen molar-refractivity contribution in [2.75, 3.05) is 5.73 Å². The quantitative estimate of drug-likeness (QED) is 0.797. The lowest BCUT2D eigenvalue weighted by molar-refractivity contribution is 0.641. The molecule has 0 saturated heterocycles. The number of nitrogens with zero attached hydrogens (tertiary/aromatic N) is 1. The van der Waals surface area contributed by atoms with Crippen LogP contribution in [-0.2, 0) is 6.42 Å². The van der Waals surface area contributed by atoms with Gasteiger partial charge in [-0.1, -0.05) is 27.2 Å². The lowest BCUT2D eigenvalue weighted by Gasteiger charge is -2.06. The Kier molecular flexibility index (Phi) is 2.72. The van der Waals surface area contributed by atoms with Crippen LogP contribution in [0.5, 0.6) is 0 Å². The van der Waals surface area contributed by atoms with E-state index in [1.165, 1.54) is 24.1 Å². The lowest BCUT2D eigenvalue weighted by Crippen LogP contribution is -2.00. The summed E-state index contributed by atoms with van der Waals surface area (Å²) in [6.45, 7) is 6.70. The maximum atomic E-state index is 5.90. The third kappa shape index (κ3) is 2.01. The Labute approximate surface area is 91.4 Å². The van der Waals surface area contributed by atoms with Crippen molar-refractivity contribution in [1.29, 1.82) is 0 Å². The predicted octanol–water partition coefficient (Wildman–Crippen LogP) is 2.70. The zero-order valence-electron chi connectivity index (χ0n) is 9.88. The molecule has 3 N–H and O–H groups in total. The fraction of sp³-hybridized carbons (Fsp3) is 0.750. The zero-order chi connectivity index (χ0) is 11.0. The molecule has 0 aliphatic heterocycles. The SMILES string of the molecule is CCC1CC1c1[nH]nc(N)c1CC(C)C. The Morgan fingerprint density at radius 2 is 2.27 bits per heavy atom. The summed E-state index contributed by atoms with van der Waals surface area (Å²) in [5, 5.41) is 7.28. The van der Waals surface area contributed by atoms with E-state index >= 15 is 0 Å². The molecule has 1 aliphatic rings. The van der Waals surface area contributed by atoms with Crippen LogP contribution in [0.25, 0.3) is 0 Å². The summed E-state index contributed by atoms with van der Waals surface area (Å²) in [5.74, 6) is 2.91. The van der Waals surface area contributed by atoms with Gasteiger partial charge in [0.05, 0.1) is 0 Å². The van der Waals surface area contributed by atoms with E-state index in [-0.39, 0.29) is 0 Å². The van der Waals surface area contributed by atoms with Crippen molar-refractivity contribution in [3.63, 3.8) is 0 Å². The van der Waals surface area contributed by atoms with Gasteiger partial charge in [0.15, 0.2) is 0 Å². The number of anilines is 1. The zero-order valence-corrected chi connectivity index (χ0v) is 9.88. The number of nitrogens with two attached hydrogens (primary N) is 1.